The molecule has 0 spiro atoms. The summed E-state index contributed by atoms with van der Waals surface area (Å²) in [6.07, 6.45) is 4.30. The highest BCUT2D eigenvalue weighted by Crippen LogP contribution is 2.19. The molecule has 1 aromatic rings. The van der Waals surface area contributed by atoms with Crippen LogP contribution in [-0.4, -0.2) is 24.4 Å². The van der Waals surface area contributed by atoms with E-state index in [2.05, 4.69) is 10.6 Å². The Morgan fingerprint density at radius 1 is 1.16 bits per heavy atom. The van der Waals surface area contributed by atoms with Crippen LogP contribution in [0.25, 0.3) is 0 Å². The molecule has 0 bridgehead atoms. The van der Waals surface area contributed by atoms with Crippen molar-refractivity contribution >= 4 is 18.0 Å². The molecule has 0 aromatic heterocycles. The summed E-state index contributed by atoms with van der Waals surface area (Å²) < 4.78 is 0. The van der Waals surface area contributed by atoms with Crippen molar-refractivity contribution < 1.29 is 9.59 Å². The van der Waals surface area contributed by atoms with Gasteiger partial charge in [0.1, 0.15) is 0 Å². The number of nitrogens with one attached hydrogen (secondary N) is 2. The van der Waals surface area contributed by atoms with Crippen LogP contribution in [0.5, 0.6) is 0 Å². The van der Waals surface area contributed by atoms with Crippen LogP contribution in [-0.2, 0) is 4.79 Å². The van der Waals surface area contributed by atoms with Crippen molar-refractivity contribution in [1.29, 1.82) is 0 Å². The van der Waals surface area contributed by atoms with E-state index in [9.17, 15) is 9.59 Å². The van der Waals surface area contributed by atoms with E-state index in [1.807, 2.05) is 6.07 Å². The molecular weight excluding hydrogens is 242 g/mol. The summed E-state index contributed by atoms with van der Waals surface area (Å²) in [4.78, 5) is 22.4. The highest BCUT2D eigenvalue weighted by Gasteiger charge is 2.22. The quantitative estimate of drug-likeness (QED) is 0.559. The van der Waals surface area contributed by atoms with Gasteiger partial charge in [0.25, 0.3) is 5.91 Å². The average Bonchev–Trinajstić information content (AvgIpc) is 2.42. The van der Waals surface area contributed by atoms with Gasteiger partial charge >= 0.3 is 0 Å². The van der Waals surface area contributed by atoms with Crippen molar-refractivity contribution in [3.05, 3.63) is 29.8 Å². The van der Waals surface area contributed by atoms with Crippen molar-refractivity contribution in [3.8, 4) is 0 Å². The van der Waals surface area contributed by atoms with Gasteiger partial charge in [-0.25, -0.2) is 0 Å². The number of amides is 2. The molecule has 0 saturated heterocycles. The number of carbonyl (C=O) groups excluding carboxylic acids is 2. The number of carbonyl (C=O) groups is 2. The molecule has 1 aromatic carbocycles. The van der Waals surface area contributed by atoms with Crippen LogP contribution in [0.1, 0.15) is 36.0 Å². The van der Waals surface area contributed by atoms with Crippen LogP contribution < -0.4 is 16.4 Å². The Labute approximate surface area is 112 Å². The molecule has 1 aliphatic carbocycles. The molecule has 2 rings (SSSR count). The highest BCUT2D eigenvalue weighted by atomic mass is 16.1. The smallest absolute Gasteiger partial charge is 0.253 e. The topological polar surface area (TPSA) is 84.2 Å². The summed E-state index contributed by atoms with van der Waals surface area (Å²) in [5.74, 6) is -0.120. The van der Waals surface area contributed by atoms with E-state index >= 15 is 0 Å². The van der Waals surface area contributed by atoms with Gasteiger partial charge in [-0.1, -0.05) is 12.1 Å². The van der Waals surface area contributed by atoms with E-state index in [4.69, 9.17) is 5.73 Å². The fourth-order valence-corrected chi connectivity index (χ4v) is 2.47. The first kappa shape index (κ1) is 13.4. The van der Waals surface area contributed by atoms with Crippen LogP contribution in [0.15, 0.2) is 24.3 Å². The average molecular weight is 261 g/mol. The lowest BCUT2D eigenvalue weighted by atomic mass is 9.91. The van der Waals surface area contributed by atoms with Gasteiger partial charge in [0.05, 0.1) is 5.56 Å². The number of rotatable bonds is 4. The van der Waals surface area contributed by atoms with Gasteiger partial charge in [-0.05, 0) is 37.8 Å². The molecule has 2 amide bonds. The van der Waals surface area contributed by atoms with Crippen LogP contribution in [0.3, 0.4) is 0 Å². The van der Waals surface area contributed by atoms with Crippen LogP contribution in [0.2, 0.25) is 0 Å². The molecule has 0 aliphatic heterocycles. The second-order valence-corrected chi connectivity index (χ2v) is 4.89. The summed E-state index contributed by atoms with van der Waals surface area (Å²) in [7, 11) is 0. The minimum absolute atomic E-state index is 0.120. The first-order valence-electron chi connectivity index (χ1n) is 6.55. The van der Waals surface area contributed by atoms with E-state index in [1.165, 1.54) is 0 Å². The molecule has 1 fully saturated rings. The molecule has 1 saturated carbocycles. The predicted molar refractivity (Wildman–Crippen MR) is 73.6 cm³/mol. The number of benzene rings is 1. The van der Waals surface area contributed by atoms with Crippen LogP contribution >= 0.6 is 0 Å². The summed E-state index contributed by atoms with van der Waals surface area (Å²) in [6, 6.07) is 7.46. The first-order chi connectivity index (χ1) is 9.20. The van der Waals surface area contributed by atoms with Gasteiger partial charge in [-0.15, -0.1) is 0 Å². The molecule has 0 unspecified atom stereocenters. The number of hydrogen-bond acceptors (Lipinski definition) is 3. The summed E-state index contributed by atoms with van der Waals surface area (Å²) in [6.45, 7) is 0. The lowest BCUT2D eigenvalue weighted by Gasteiger charge is -2.28. The van der Waals surface area contributed by atoms with Crippen molar-refractivity contribution in [2.24, 2.45) is 0 Å². The zero-order valence-corrected chi connectivity index (χ0v) is 10.8. The third-order valence-electron chi connectivity index (χ3n) is 3.57. The van der Waals surface area contributed by atoms with E-state index in [0.717, 1.165) is 32.1 Å². The van der Waals surface area contributed by atoms with Gasteiger partial charge in [0.15, 0.2) is 0 Å². The fraction of sp³-hybridized carbons (Fsp3) is 0.429. The number of hydrogen-bond donors (Lipinski definition) is 3. The largest absolute Gasteiger partial charge is 0.398 e. The normalized spacial score (nSPS) is 22.5. The SMILES string of the molecule is Nc1ccccc1C(=O)NC1CCC(NC=O)CC1. The number of anilines is 1. The summed E-state index contributed by atoms with van der Waals surface area (Å²) in [5.41, 5.74) is 6.80. The van der Waals surface area contributed by atoms with Crippen molar-refractivity contribution in [2.45, 2.75) is 37.8 Å². The molecule has 0 atom stereocenters. The number of para-hydroxylation sites is 1. The first-order valence-corrected chi connectivity index (χ1v) is 6.55. The second-order valence-electron chi connectivity index (χ2n) is 4.89. The Balaban J connectivity index is 1.87. The maximum absolute atomic E-state index is 12.1. The second kappa shape index (κ2) is 6.22. The van der Waals surface area contributed by atoms with Crippen LogP contribution in [0, 0.1) is 0 Å². The molecule has 19 heavy (non-hydrogen) atoms. The van der Waals surface area contributed by atoms with Gasteiger partial charge in [-0.2, -0.15) is 0 Å². The Bertz CT molecular complexity index is 454. The predicted octanol–water partition coefficient (Wildman–Crippen LogP) is 1.06. The lowest BCUT2D eigenvalue weighted by molar-refractivity contribution is -0.110. The Morgan fingerprint density at radius 3 is 2.42 bits per heavy atom. The van der Waals surface area contributed by atoms with Gasteiger partial charge in [0, 0.05) is 17.8 Å². The fourth-order valence-electron chi connectivity index (χ4n) is 2.47. The number of nitrogen functional groups attached to an aromatic ring is 1. The third kappa shape index (κ3) is 3.47. The molecular formula is C14H19N3O2. The van der Waals surface area contributed by atoms with Crippen LogP contribution in [0.4, 0.5) is 5.69 Å². The molecule has 0 radical (unpaired) electrons. The third-order valence-corrected chi connectivity index (χ3v) is 3.57. The van der Waals surface area contributed by atoms with Crippen molar-refractivity contribution in [1.82, 2.24) is 10.6 Å². The Hall–Kier alpha value is -2.04. The van der Waals surface area contributed by atoms with Gasteiger partial charge in [0.2, 0.25) is 6.41 Å². The zero-order valence-electron chi connectivity index (χ0n) is 10.8. The van der Waals surface area contributed by atoms with E-state index < -0.39 is 0 Å². The standard InChI is InChI=1S/C14H19N3O2/c15-13-4-2-1-3-12(13)14(19)17-11-7-5-10(6-8-11)16-9-18/h1-4,9-11H,5-8,15H2,(H,16,18)(H,17,19). The molecule has 0 heterocycles. The van der Waals surface area contributed by atoms with Crippen molar-refractivity contribution in [2.75, 3.05) is 5.73 Å². The monoisotopic (exact) mass is 261 g/mol. The number of nitrogens with two attached hydrogens (primary N) is 1. The summed E-state index contributed by atoms with van der Waals surface area (Å²) >= 11 is 0. The molecule has 102 valence electrons. The van der Waals surface area contributed by atoms with E-state index in [0.29, 0.717) is 11.3 Å². The zero-order chi connectivity index (χ0) is 13.7. The molecule has 5 nitrogen and oxygen atoms in total. The van der Waals surface area contributed by atoms with E-state index in [1.54, 1.807) is 18.2 Å². The molecule has 5 heteroatoms. The minimum Gasteiger partial charge on any atom is -0.398 e. The molecule has 1 aliphatic rings. The Morgan fingerprint density at radius 2 is 1.79 bits per heavy atom. The lowest BCUT2D eigenvalue weighted by Crippen LogP contribution is -2.42. The van der Waals surface area contributed by atoms with E-state index in [-0.39, 0.29) is 18.0 Å². The maximum Gasteiger partial charge on any atom is 0.253 e. The molecule has 4 N–H and O–H groups in total. The van der Waals surface area contributed by atoms with Gasteiger partial charge in [-0.3, -0.25) is 9.59 Å². The maximum atomic E-state index is 12.1. The minimum atomic E-state index is -0.120. The summed E-state index contributed by atoms with van der Waals surface area (Å²) in [5, 5.41) is 5.79. The Kier molecular flexibility index (Phi) is 4.39. The van der Waals surface area contributed by atoms with Crippen molar-refractivity contribution in [3.63, 3.8) is 0 Å². The van der Waals surface area contributed by atoms with Gasteiger partial charge < -0.3 is 16.4 Å². The highest BCUT2D eigenvalue weighted by molar-refractivity contribution is 5.99.